The van der Waals surface area contributed by atoms with Crippen LogP contribution in [0.5, 0.6) is 11.5 Å². The molecule has 1 aromatic rings. The highest BCUT2D eigenvalue weighted by Gasteiger charge is 2.19. The van der Waals surface area contributed by atoms with Crippen molar-refractivity contribution in [1.29, 1.82) is 0 Å². The molecule has 3 rings (SSSR count). The van der Waals surface area contributed by atoms with Crippen LogP contribution in [0.15, 0.2) is 42.6 Å². The van der Waals surface area contributed by atoms with E-state index in [1.54, 1.807) is 29.3 Å². The predicted molar refractivity (Wildman–Crippen MR) is 66.5 cm³/mol. The summed E-state index contributed by atoms with van der Waals surface area (Å²) in [5.74, 6) is 1.31. The predicted octanol–water partition coefficient (Wildman–Crippen LogP) is 2.33. The number of ether oxygens (including phenoxy) is 2. The zero-order chi connectivity index (χ0) is 12.4. The van der Waals surface area contributed by atoms with Gasteiger partial charge in [-0.3, -0.25) is 4.79 Å². The number of rotatable bonds is 1. The molecule has 1 amide bonds. The molecule has 0 saturated heterocycles. The van der Waals surface area contributed by atoms with Gasteiger partial charge in [0, 0.05) is 18.3 Å². The Morgan fingerprint density at radius 1 is 1.17 bits per heavy atom. The Labute approximate surface area is 105 Å². The third-order valence-corrected chi connectivity index (χ3v) is 2.93. The van der Waals surface area contributed by atoms with Gasteiger partial charge in [0.25, 0.3) is 5.91 Å². The summed E-state index contributed by atoms with van der Waals surface area (Å²) < 4.78 is 10.5. The fraction of sp³-hybridized carbons (Fsp3) is 0.214. The van der Waals surface area contributed by atoms with E-state index >= 15 is 0 Å². The number of carbonyl (C=O) groups excluding carboxylic acids is 1. The molecule has 0 saturated carbocycles. The number of allylic oxidation sites excluding steroid dienone is 2. The van der Waals surface area contributed by atoms with Crippen molar-refractivity contribution in [2.24, 2.45) is 0 Å². The van der Waals surface area contributed by atoms with Gasteiger partial charge in [-0.25, -0.2) is 0 Å². The first-order valence-electron chi connectivity index (χ1n) is 5.88. The summed E-state index contributed by atoms with van der Waals surface area (Å²) in [6, 6.07) is 5.27. The number of hydrogen-bond donors (Lipinski definition) is 0. The highest BCUT2D eigenvalue weighted by atomic mass is 16.7. The normalized spacial score (nSPS) is 16.8. The summed E-state index contributed by atoms with van der Waals surface area (Å²) in [4.78, 5) is 14.0. The van der Waals surface area contributed by atoms with Crippen molar-refractivity contribution in [3.63, 3.8) is 0 Å². The zero-order valence-electron chi connectivity index (χ0n) is 9.83. The van der Waals surface area contributed by atoms with Crippen LogP contribution in [0, 0.1) is 0 Å². The lowest BCUT2D eigenvalue weighted by Crippen LogP contribution is -2.26. The molecule has 4 heteroatoms. The lowest BCUT2D eigenvalue weighted by molar-refractivity contribution is 0.0824. The summed E-state index contributed by atoms with van der Waals surface area (Å²) in [7, 11) is 0. The van der Waals surface area contributed by atoms with Crippen LogP contribution in [0.3, 0.4) is 0 Å². The van der Waals surface area contributed by atoms with Gasteiger partial charge in [-0.05, 0) is 30.7 Å². The fourth-order valence-electron chi connectivity index (χ4n) is 1.98. The van der Waals surface area contributed by atoms with Crippen LogP contribution < -0.4 is 9.47 Å². The molecule has 2 aliphatic heterocycles. The summed E-state index contributed by atoms with van der Waals surface area (Å²) in [6.07, 6.45) is 8.54. The Hall–Kier alpha value is -2.23. The van der Waals surface area contributed by atoms with Gasteiger partial charge in [-0.2, -0.15) is 0 Å². The smallest absolute Gasteiger partial charge is 0.257 e. The van der Waals surface area contributed by atoms with Gasteiger partial charge in [0.15, 0.2) is 11.5 Å². The van der Waals surface area contributed by atoms with E-state index in [4.69, 9.17) is 9.47 Å². The van der Waals surface area contributed by atoms with E-state index < -0.39 is 0 Å². The molecular weight excluding hydrogens is 230 g/mol. The number of benzene rings is 1. The minimum Gasteiger partial charge on any atom is -0.454 e. The average Bonchev–Trinajstić information content (AvgIpc) is 2.69. The fourth-order valence-corrected chi connectivity index (χ4v) is 1.98. The topological polar surface area (TPSA) is 38.8 Å². The molecular formula is C14H13NO3. The van der Waals surface area contributed by atoms with Crippen LogP contribution in [0.1, 0.15) is 16.8 Å². The van der Waals surface area contributed by atoms with E-state index in [0.29, 0.717) is 23.6 Å². The van der Waals surface area contributed by atoms with Crippen molar-refractivity contribution in [1.82, 2.24) is 4.90 Å². The van der Waals surface area contributed by atoms with E-state index in [1.807, 2.05) is 18.2 Å². The second-order valence-corrected chi connectivity index (χ2v) is 4.12. The molecule has 92 valence electrons. The third-order valence-electron chi connectivity index (χ3n) is 2.93. The van der Waals surface area contributed by atoms with Gasteiger partial charge in [0.1, 0.15) is 0 Å². The van der Waals surface area contributed by atoms with Crippen molar-refractivity contribution in [3.8, 4) is 11.5 Å². The summed E-state index contributed by atoms with van der Waals surface area (Å²) >= 11 is 0. The van der Waals surface area contributed by atoms with Crippen LogP contribution >= 0.6 is 0 Å². The molecule has 0 unspecified atom stereocenters. The second-order valence-electron chi connectivity index (χ2n) is 4.12. The van der Waals surface area contributed by atoms with Gasteiger partial charge in [-0.15, -0.1) is 0 Å². The zero-order valence-corrected chi connectivity index (χ0v) is 9.83. The first-order valence-corrected chi connectivity index (χ1v) is 5.88. The number of amides is 1. The molecule has 0 atom stereocenters. The lowest BCUT2D eigenvalue weighted by Gasteiger charge is -2.16. The van der Waals surface area contributed by atoms with E-state index in [2.05, 4.69) is 0 Å². The Kier molecular flexibility index (Phi) is 2.76. The SMILES string of the molecule is O=C(c1ccc2c(c1)OCO2)N1C=CC=CCC1. The van der Waals surface area contributed by atoms with Gasteiger partial charge in [0.05, 0.1) is 0 Å². The largest absolute Gasteiger partial charge is 0.454 e. The lowest BCUT2D eigenvalue weighted by atomic mass is 10.1. The standard InChI is InChI=1S/C14H13NO3/c16-14(15-7-3-1-2-4-8-15)11-5-6-12-13(9-11)18-10-17-12/h1-3,5-7,9H,4,8,10H2. The van der Waals surface area contributed by atoms with Gasteiger partial charge >= 0.3 is 0 Å². The van der Waals surface area contributed by atoms with Crippen molar-refractivity contribution in [2.45, 2.75) is 6.42 Å². The van der Waals surface area contributed by atoms with E-state index in [1.165, 1.54) is 0 Å². The van der Waals surface area contributed by atoms with E-state index in [-0.39, 0.29) is 12.7 Å². The van der Waals surface area contributed by atoms with Crippen LogP contribution in [0.25, 0.3) is 0 Å². The molecule has 0 aliphatic carbocycles. The Balaban J connectivity index is 1.84. The maximum absolute atomic E-state index is 12.3. The molecule has 2 aliphatic rings. The monoisotopic (exact) mass is 243 g/mol. The Bertz CT molecular complexity index is 534. The van der Waals surface area contributed by atoms with Gasteiger partial charge < -0.3 is 14.4 Å². The van der Waals surface area contributed by atoms with Crippen LogP contribution in [0.2, 0.25) is 0 Å². The van der Waals surface area contributed by atoms with E-state index in [0.717, 1.165) is 6.42 Å². The van der Waals surface area contributed by atoms with Gasteiger partial charge in [-0.1, -0.05) is 12.2 Å². The molecule has 0 N–H and O–H groups in total. The number of fused-ring (bicyclic) bond motifs is 1. The van der Waals surface area contributed by atoms with E-state index in [9.17, 15) is 4.79 Å². The Morgan fingerprint density at radius 3 is 3.00 bits per heavy atom. The first kappa shape index (κ1) is 10.9. The molecule has 0 aromatic heterocycles. The first-order chi connectivity index (χ1) is 8.84. The van der Waals surface area contributed by atoms with Crippen LogP contribution in [0.4, 0.5) is 0 Å². The highest BCUT2D eigenvalue weighted by Crippen LogP contribution is 2.32. The summed E-state index contributed by atoms with van der Waals surface area (Å²) in [6.45, 7) is 0.917. The number of nitrogens with zero attached hydrogens (tertiary/aromatic N) is 1. The van der Waals surface area contributed by atoms with Crippen molar-refractivity contribution >= 4 is 5.91 Å². The Morgan fingerprint density at radius 2 is 2.06 bits per heavy atom. The highest BCUT2D eigenvalue weighted by molar-refractivity contribution is 5.95. The average molecular weight is 243 g/mol. The molecule has 0 radical (unpaired) electrons. The minimum absolute atomic E-state index is 0.0201. The molecule has 0 bridgehead atoms. The maximum Gasteiger partial charge on any atom is 0.257 e. The molecule has 2 heterocycles. The molecule has 18 heavy (non-hydrogen) atoms. The van der Waals surface area contributed by atoms with Crippen molar-refractivity contribution in [2.75, 3.05) is 13.3 Å². The number of carbonyl (C=O) groups is 1. The second kappa shape index (κ2) is 4.56. The van der Waals surface area contributed by atoms with Crippen LogP contribution in [-0.4, -0.2) is 24.1 Å². The van der Waals surface area contributed by atoms with Crippen molar-refractivity contribution < 1.29 is 14.3 Å². The molecule has 4 nitrogen and oxygen atoms in total. The van der Waals surface area contributed by atoms with Gasteiger partial charge in [0.2, 0.25) is 6.79 Å². The quantitative estimate of drug-likeness (QED) is 0.759. The summed E-state index contributed by atoms with van der Waals surface area (Å²) in [5.41, 5.74) is 0.616. The third kappa shape index (κ3) is 1.97. The molecule has 1 aromatic carbocycles. The molecule has 0 fully saturated rings. The van der Waals surface area contributed by atoms with Crippen molar-refractivity contribution in [3.05, 3.63) is 48.2 Å². The minimum atomic E-state index is -0.0201. The van der Waals surface area contributed by atoms with Crippen LogP contribution in [-0.2, 0) is 0 Å². The number of hydrogen-bond acceptors (Lipinski definition) is 3. The summed E-state index contributed by atoms with van der Waals surface area (Å²) in [5, 5.41) is 0. The maximum atomic E-state index is 12.3. The molecule has 0 spiro atoms.